The summed E-state index contributed by atoms with van der Waals surface area (Å²) >= 11 is 3.35. The molecule has 1 atom stereocenters. The highest BCUT2D eigenvalue weighted by Crippen LogP contribution is 2.15. The number of benzene rings is 1. The molecule has 1 N–H and O–H groups in total. The normalized spacial score (nSPS) is 12.2. The van der Waals surface area contributed by atoms with E-state index in [1.165, 1.54) is 0 Å². The Morgan fingerprint density at radius 1 is 1.50 bits per heavy atom. The van der Waals surface area contributed by atoms with Crippen molar-refractivity contribution < 1.29 is 9.53 Å². The Hall–Kier alpha value is -0.870. The van der Waals surface area contributed by atoms with Crippen LogP contribution in [0.5, 0.6) is 0 Å². The highest BCUT2D eigenvalue weighted by molar-refractivity contribution is 9.10. The molecule has 0 fully saturated rings. The van der Waals surface area contributed by atoms with Crippen LogP contribution in [0.15, 0.2) is 28.7 Å². The van der Waals surface area contributed by atoms with Crippen LogP contribution in [0, 0.1) is 0 Å². The number of halogens is 1. The van der Waals surface area contributed by atoms with Gasteiger partial charge in [-0.2, -0.15) is 0 Å². The fourth-order valence-corrected chi connectivity index (χ4v) is 1.78. The van der Waals surface area contributed by atoms with Gasteiger partial charge in [-0.3, -0.25) is 4.79 Å². The summed E-state index contributed by atoms with van der Waals surface area (Å²) in [5.41, 5.74) is 0.659. The Morgan fingerprint density at radius 2 is 2.19 bits per heavy atom. The zero-order valence-electron chi connectivity index (χ0n) is 9.50. The molecule has 0 spiro atoms. The van der Waals surface area contributed by atoms with Crippen molar-refractivity contribution in [2.24, 2.45) is 0 Å². The van der Waals surface area contributed by atoms with E-state index in [1.807, 2.05) is 25.1 Å². The fraction of sp³-hybridized carbons (Fsp3) is 0.417. The van der Waals surface area contributed by atoms with Gasteiger partial charge in [0.25, 0.3) is 5.91 Å². The monoisotopic (exact) mass is 285 g/mol. The lowest BCUT2D eigenvalue weighted by Gasteiger charge is -2.13. The first kappa shape index (κ1) is 13.2. The summed E-state index contributed by atoms with van der Waals surface area (Å²) in [6.45, 7) is 2.62. The quantitative estimate of drug-likeness (QED) is 0.903. The summed E-state index contributed by atoms with van der Waals surface area (Å²) in [6, 6.07) is 7.49. The van der Waals surface area contributed by atoms with Gasteiger partial charge in [0, 0.05) is 24.2 Å². The van der Waals surface area contributed by atoms with Gasteiger partial charge in [-0.15, -0.1) is 0 Å². The van der Waals surface area contributed by atoms with E-state index in [4.69, 9.17) is 4.74 Å². The molecule has 0 saturated carbocycles. The Balaban J connectivity index is 2.56. The van der Waals surface area contributed by atoms with Gasteiger partial charge in [-0.1, -0.05) is 12.1 Å². The molecular weight excluding hydrogens is 270 g/mol. The van der Waals surface area contributed by atoms with E-state index in [9.17, 15) is 4.79 Å². The van der Waals surface area contributed by atoms with Gasteiger partial charge in [0.05, 0.1) is 5.56 Å². The smallest absolute Gasteiger partial charge is 0.252 e. The number of hydrogen-bond acceptors (Lipinski definition) is 2. The lowest BCUT2D eigenvalue weighted by atomic mass is 10.2. The number of hydrogen-bond donors (Lipinski definition) is 1. The largest absolute Gasteiger partial charge is 0.385 e. The first-order valence-corrected chi connectivity index (χ1v) is 5.98. The van der Waals surface area contributed by atoms with Crippen LogP contribution in [-0.4, -0.2) is 25.7 Å². The zero-order chi connectivity index (χ0) is 12.0. The maximum atomic E-state index is 11.9. The van der Waals surface area contributed by atoms with Gasteiger partial charge in [0.1, 0.15) is 0 Å². The lowest BCUT2D eigenvalue weighted by Crippen LogP contribution is -2.33. The van der Waals surface area contributed by atoms with Crippen LogP contribution in [0.2, 0.25) is 0 Å². The van der Waals surface area contributed by atoms with E-state index in [0.29, 0.717) is 12.2 Å². The minimum atomic E-state index is -0.0592. The van der Waals surface area contributed by atoms with Gasteiger partial charge in [-0.25, -0.2) is 0 Å². The second kappa shape index (κ2) is 6.66. The summed E-state index contributed by atoms with van der Waals surface area (Å²) in [4.78, 5) is 11.9. The van der Waals surface area contributed by atoms with Crippen LogP contribution in [0.25, 0.3) is 0 Å². The highest BCUT2D eigenvalue weighted by atomic mass is 79.9. The molecule has 1 aromatic rings. The standard InChI is InChI=1S/C12H16BrNO2/c1-9(7-8-16-2)14-12(15)10-5-3-4-6-11(10)13/h3-6,9H,7-8H2,1-2H3,(H,14,15). The van der Waals surface area contributed by atoms with Crippen molar-refractivity contribution in [1.82, 2.24) is 5.32 Å². The summed E-state index contributed by atoms with van der Waals surface area (Å²) < 4.78 is 5.77. The SMILES string of the molecule is COCCC(C)NC(=O)c1ccccc1Br. The van der Waals surface area contributed by atoms with E-state index in [0.717, 1.165) is 10.9 Å². The molecule has 0 aliphatic rings. The number of amides is 1. The van der Waals surface area contributed by atoms with Crippen molar-refractivity contribution >= 4 is 21.8 Å². The van der Waals surface area contributed by atoms with Crippen LogP contribution in [0.4, 0.5) is 0 Å². The van der Waals surface area contributed by atoms with Gasteiger partial charge in [0.2, 0.25) is 0 Å². The molecule has 0 heterocycles. The van der Waals surface area contributed by atoms with E-state index in [1.54, 1.807) is 13.2 Å². The molecule has 88 valence electrons. The molecule has 0 aliphatic carbocycles. The molecule has 16 heavy (non-hydrogen) atoms. The maximum absolute atomic E-state index is 11.9. The number of methoxy groups -OCH3 is 1. The van der Waals surface area contributed by atoms with E-state index in [-0.39, 0.29) is 11.9 Å². The second-order valence-electron chi connectivity index (χ2n) is 3.64. The molecule has 0 saturated heterocycles. The number of nitrogens with one attached hydrogen (secondary N) is 1. The predicted octanol–water partition coefficient (Wildman–Crippen LogP) is 2.60. The fourth-order valence-electron chi connectivity index (χ4n) is 1.31. The van der Waals surface area contributed by atoms with Crippen molar-refractivity contribution in [3.63, 3.8) is 0 Å². The molecule has 1 aromatic carbocycles. The molecule has 0 aromatic heterocycles. The van der Waals surface area contributed by atoms with E-state index in [2.05, 4.69) is 21.2 Å². The summed E-state index contributed by atoms with van der Waals surface area (Å²) in [5, 5.41) is 2.92. The van der Waals surface area contributed by atoms with Gasteiger partial charge >= 0.3 is 0 Å². The Labute approximate surface area is 104 Å². The van der Waals surface area contributed by atoms with Crippen LogP contribution in [0.1, 0.15) is 23.7 Å². The average Bonchev–Trinajstić information content (AvgIpc) is 2.26. The molecule has 3 nitrogen and oxygen atoms in total. The first-order chi connectivity index (χ1) is 7.65. The first-order valence-electron chi connectivity index (χ1n) is 5.19. The maximum Gasteiger partial charge on any atom is 0.252 e. The number of rotatable bonds is 5. The molecular formula is C12H16BrNO2. The van der Waals surface area contributed by atoms with Crippen molar-refractivity contribution in [3.05, 3.63) is 34.3 Å². The third-order valence-corrected chi connectivity index (χ3v) is 2.94. The summed E-state index contributed by atoms with van der Waals surface area (Å²) in [5.74, 6) is -0.0592. The summed E-state index contributed by atoms with van der Waals surface area (Å²) in [6.07, 6.45) is 0.812. The van der Waals surface area contributed by atoms with Gasteiger partial charge in [0.15, 0.2) is 0 Å². The molecule has 1 amide bonds. The van der Waals surface area contributed by atoms with Gasteiger partial charge < -0.3 is 10.1 Å². The van der Waals surface area contributed by atoms with Gasteiger partial charge in [-0.05, 0) is 41.4 Å². The lowest BCUT2D eigenvalue weighted by molar-refractivity contribution is 0.0929. The van der Waals surface area contributed by atoms with E-state index >= 15 is 0 Å². The average molecular weight is 286 g/mol. The second-order valence-corrected chi connectivity index (χ2v) is 4.49. The third-order valence-electron chi connectivity index (χ3n) is 2.25. The molecule has 0 bridgehead atoms. The topological polar surface area (TPSA) is 38.3 Å². The Kier molecular flexibility index (Phi) is 5.49. The number of carbonyl (C=O) groups excluding carboxylic acids is 1. The molecule has 1 unspecified atom stereocenters. The minimum absolute atomic E-state index is 0.0592. The third kappa shape index (κ3) is 3.94. The number of ether oxygens (including phenoxy) is 1. The van der Waals surface area contributed by atoms with Crippen LogP contribution < -0.4 is 5.32 Å². The highest BCUT2D eigenvalue weighted by Gasteiger charge is 2.11. The van der Waals surface area contributed by atoms with Crippen molar-refractivity contribution in [2.45, 2.75) is 19.4 Å². The van der Waals surface area contributed by atoms with E-state index < -0.39 is 0 Å². The Bertz CT molecular complexity index is 355. The van der Waals surface area contributed by atoms with Crippen LogP contribution in [-0.2, 0) is 4.74 Å². The molecule has 0 aliphatic heterocycles. The van der Waals surface area contributed by atoms with Crippen molar-refractivity contribution in [2.75, 3.05) is 13.7 Å². The zero-order valence-corrected chi connectivity index (χ0v) is 11.1. The van der Waals surface area contributed by atoms with Crippen LogP contribution >= 0.6 is 15.9 Å². The van der Waals surface area contributed by atoms with Crippen molar-refractivity contribution in [1.29, 1.82) is 0 Å². The van der Waals surface area contributed by atoms with Crippen LogP contribution in [0.3, 0.4) is 0 Å². The minimum Gasteiger partial charge on any atom is -0.385 e. The van der Waals surface area contributed by atoms with Crippen molar-refractivity contribution in [3.8, 4) is 0 Å². The molecule has 1 rings (SSSR count). The molecule has 0 radical (unpaired) electrons. The number of carbonyl (C=O) groups is 1. The Morgan fingerprint density at radius 3 is 2.81 bits per heavy atom. The summed E-state index contributed by atoms with van der Waals surface area (Å²) in [7, 11) is 1.66. The molecule has 4 heteroatoms. The predicted molar refractivity (Wildman–Crippen MR) is 67.6 cm³/mol.